The maximum absolute atomic E-state index is 11.7. The predicted molar refractivity (Wildman–Crippen MR) is 92.2 cm³/mol. The molecule has 25 heavy (non-hydrogen) atoms. The van der Waals surface area contributed by atoms with Crippen molar-refractivity contribution in [2.75, 3.05) is 13.2 Å². The highest BCUT2D eigenvalue weighted by Crippen LogP contribution is 2.44. The molecule has 2 N–H and O–H groups in total. The molecule has 0 spiro atoms. The Hall–Kier alpha value is -2.60. The van der Waals surface area contributed by atoms with Crippen LogP contribution in [0.1, 0.15) is 0 Å². The maximum Gasteiger partial charge on any atom is 0.584 e. The van der Waals surface area contributed by atoms with Crippen LogP contribution in [0.25, 0.3) is 0 Å². The predicted octanol–water partition coefficient (Wildman–Crippen LogP) is 2.95. The van der Waals surface area contributed by atoms with E-state index < -0.39 is 13.8 Å². The monoisotopic (exact) mass is 366 g/mol. The fourth-order valence-electron chi connectivity index (χ4n) is 1.45. The van der Waals surface area contributed by atoms with Gasteiger partial charge in [-0.2, -0.15) is 0 Å². The van der Waals surface area contributed by atoms with E-state index in [0.717, 1.165) is 6.08 Å². The first-order valence-corrected chi connectivity index (χ1v) is 8.68. The number of benzene rings is 2. The minimum Gasteiger partial charge on any atom is -0.460 e. The van der Waals surface area contributed by atoms with Crippen molar-refractivity contribution in [2.24, 2.45) is 0 Å². The van der Waals surface area contributed by atoms with E-state index in [-0.39, 0.29) is 24.7 Å². The number of ether oxygens (including phenoxy) is 1. The average Bonchev–Trinajstić information content (AvgIpc) is 2.61. The molecule has 0 radical (unpaired) electrons. The zero-order valence-corrected chi connectivity index (χ0v) is 14.2. The van der Waals surface area contributed by atoms with E-state index in [2.05, 4.69) is 11.3 Å². The summed E-state index contributed by atoms with van der Waals surface area (Å²) in [6.07, 6.45) is 1.05. The third kappa shape index (κ3) is 9.32. The van der Waals surface area contributed by atoms with Gasteiger partial charge in [-0.1, -0.05) is 43.0 Å². The van der Waals surface area contributed by atoms with Gasteiger partial charge in [-0.05, 0) is 24.3 Å². The molecule has 2 aromatic rings. The van der Waals surface area contributed by atoms with E-state index in [0.29, 0.717) is 0 Å². The third-order valence-electron chi connectivity index (χ3n) is 2.43. The fourth-order valence-corrected chi connectivity index (χ4v) is 2.27. The Bertz CT molecular complexity index is 643. The number of aliphatic hydroxyl groups excluding tert-OH is 1. The van der Waals surface area contributed by atoms with Crippen molar-refractivity contribution in [3.8, 4) is 11.5 Å². The van der Waals surface area contributed by atoms with Crippen LogP contribution < -0.4 is 9.05 Å². The molecule has 0 bridgehead atoms. The molecule has 0 aliphatic rings. The molecule has 2 aromatic carbocycles. The van der Waals surface area contributed by atoms with Gasteiger partial charge in [0.1, 0.15) is 18.1 Å². The number of phosphoric acid groups is 1. The lowest BCUT2D eigenvalue weighted by molar-refractivity contribution is -0.138. The molecular formula is C17H19O7P. The number of phosphoric ester groups is 1. The number of carbonyl (C=O) groups is 1. The van der Waals surface area contributed by atoms with Gasteiger partial charge in [0.05, 0.1) is 6.61 Å². The van der Waals surface area contributed by atoms with Gasteiger partial charge in [-0.25, -0.2) is 9.36 Å². The highest BCUT2D eigenvalue weighted by atomic mass is 31.2. The van der Waals surface area contributed by atoms with Crippen molar-refractivity contribution in [3.63, 3.8) is 0 Å². The van der Waals surface area contributed by atoms with E-state index in [1.165, 1.54) is 0 Å². The van der Waals surface area contributed by atoms with Crippen LogP contribution in [0.3, 0.4) is 0 Å². The van der Waals surface area contributed by atoms with E-state index in [1.807, 2.05) is 0 Å². The minimum atomic E-state index is -4.14. The summed E-state index contributed by atoms with van der Waals surface area (Å²) in [5, 5.41) is 8.10. The lowest BCUT2D eigenvalue weighted by Crippen LogP contribution is -2.04. The van der Waals surface area contributed by atoms with Crippen molar-refractivity contribution < 1.29 is 33.1 Å². The van der Waals surface area contributed by atoms with Gasteiger partial charge in [-0.3, -0.25) is 4.89 Å². The molecule has 0 fully saturated rings. The molecule has 0 saturated carbocycles. The lowest BCUT2D eigenvalue weighted by atomic mass is 10.3. The number of para-hydroxylation sites is 2. The van der Waals surface area contributed by atoms with Crippen LogP contribution in [-0.4, -0.2) is 29.2 Å². The fraction of sp³-hybridized carbons (Fsp3) is 0.118. The summed E-state index contributed by atoms with van der Waals surface area (Å²) in [6, 6.07) is 16.7. The average molecular weight is 366 g/mol. The molecule has 0 amide bonds. The quantitative estimate of drug-likeness (QED) is 0.441. The Morgan fingerprint density at radius 3 is 1.80 bits per heavy atom. The number of carbonyl (C=O) groups excluding carboxylic acids is 1. The normalized spacial score (nSPS) is 10.0. The number of rotatable bonds is 7. The van der Waals surface area contributed by atoms with E-state index in [9.17, 15) is 14.3 Å². The number of aliphatic hydroxyl groups is 1. The molecule has 0 aliphatic heterocycles. The Morgan fingerprint density at radius 2 is 1.44 bits per heavy atom. The molecule has 0 atom stereocenters. The molecule has 0 aromatic heterocycles. The van der Waals surface area contributed by atoms with Crippen molar-refractivity contribution >= 4 is 13.8 Å². The molecular weight excluding hydrogens is 347 g/mol. The van der Waals surface area contributed by atoms with Crippen molar-refractivity contribution in [1.29, 1.82) is 0 Å². The summed E-state index contributed by atoms with van der Waals surface area (Å²) in [6.45, 7) is 3.06. The Balaban J connectivity index is 0.000000333. The third-order valence-corrected chi connectivity index (χ3v) is 3.31. The second kappa shape index (κ2) is 11.0. The molecule has 0 saturated heterocycles. The molecule has 0 heterocycles. The van der Waals surface area contributed by atoms with Crippen LogP contribution in [0.2, 0.25) is 0 Å². The van der Waals surface area contributed by atoms with E-state index >= 15 is 0 Å². The van der Waals surface area contributed by atoms with Gasteiger partial charge in [-0.15, -0.1) is 0 Å². The number of hydrogen-bond acceptors (Lipinski definition) is 6. The minimum absolute atomic E-state index is 0.0465. The standard InChI is InChI=1S/C12H11O4P.C5H8O3/c13-17(14,15-11-7-3-1-4-8-11)16-12-9-5-2-6-10-12;1-2-5(7)8-4-3-6/h1-10H,(H,13,14);2,6H,1,3-4H2. The second-order valence-corrected chi connectivity index (χ2v) is 5.67. The molecule has 0 aliphatic carbocycles. The van der Waals surface area contributed by atoms with Crippen LogP contribution in [0, 0.1) is 0 Å². The highest BCUT2D eigenvalue weighted by molar-refractivity contribution is 7.48. The molecule has 2 rings (SSSR count). The van der Waals surface area contributed by atoms with Crippen LogP contribution in [-0.2, 0) is 14.1 Å². The van der Waals surface area contributed by atoms with Crippen LogP contribution in [0.4, 0.5) is 0 Å². The van der Waals surface area contributed by atoms with E-state index in [1.54, 1.807) is 60.7 Å². The SMILES string of the molecule is C=CC(=O)OCCO.O=P(O)(Oc1ccccc1)Oc1ccccc1. The summed E-state index contributed by atoms with van der Waals surface area (Å²) in [5.41, 5.74) is 0. The van der Waals surface area contributed by atoms with Gasteiger partial charge in [0, 0.05) is 6.08 Å². The molecule has 0 unspecified atom stereocenters. The van der Waals surface area contributed by atoms with Crippen LogP contribution in [0.15, 0.2) is 73.3 Å². The first kappa shape index (κ1) is 20.4. The van der Waals surface area contributed by atoms with Gasteiger partial charge in [0.15, 0.2) is 0 Å². The Labute approximate surface area is 145 Å². The largest absolute Gasteiger partial charge is 0.584 e. The maximum atomic E-state index is 11.7. The topological polar surface area (TPSA) is 102 Å². The first-order chi connectivity index (χ1) is 12.0. The van der Waals surface area contributed by atoms with Crippen LogP contribution >= 0.6 is 7.82 Å². The molecule has 7 nitrogen and oxygen atoms in total. The Morgan fingerprint density at radius 1 is 1.00 bits per heavy atom. The lowest BCUT2D eigenvalue weighted by Gasteiger charge is -2.13. The number of esters is 1. The van der Waals surface area contributed by atoms with E-state index in [4.69, 9.17) is 14.2 Å². The highest BCUT2D eigenvalue weighted by Gasteiger charge is 2.24. The summed E-state index contributed by atoms with van der Waals surface area (Å²) in [5.74, 6) is 0.0718. The smallest absolute Gasteiger partial charge is 0.460 e. The zero-order chi connectivity index (χ0) is 18.5. The van der Waals surface area contributed by atoms with Crippen molar-refractivity contribution in [1.82, 2.24) is 0 Å². The van der Waals surface area contributed by atoms with Crippen molar-refractivity contribution in [2.45, 2.75) is 0 Å². The van der Waals surface area contributed by atoms with Gasteiger partial charge < -0.3 is 18.9 Å². The van der Waals surface area contributed by atoms with Gasteiger partial charge in [0.25, 0.3) is 0 Å². The first-order valence-electron chi connectivity index (χ1n) is 7.19. The molecule has 8 heteroatoms. The summed E-state index contributed by atoms with van der Waals surface area (Å²) < 4.78 is 25.8. The van der Waals surface area contributed by atoms with Gasteiger partial charge >= 0.3 is 13.8 Å². The summed E-state index contributed by atoms with van der Waals surface area (Å²) >= 11 is 0. The Kier molecular flexibility index (Phi) is 9.03. The summed E-state index contributed by atoms with van der Waals surface area (Å²) in [7, 11) is -4.14. The summed E-state index contributed by atoms with van der Waals surface area (Å²) in [4.78, 5) is 19.7. The van der Waals surface area contributed by atoms with Crippen molar-refractivity contribution in [3.05, 3.63) is 73.3 Å². The number of hydrogen-bond donors (Lipinski definition) is 2. The molecule has 134 valence electrons. The van der Waals surface area contributed by atoms with Crippen LogP contribution in [0.5, 0.6) is 11.5 Å². The zero-order valence-electron chi connectivity index (χ0n) is 13.4. The second-order valence-electron chi connectivity index (χ2n) is 4.37. The van der Waals surface area contributed by atoms with Gasteiger partial charge in [0.2, 0.25) is 0 Å².